The van der Waals surface area contributed by atoms with Crippen molar-refractivity contribution in [1.82, 2.24) is 15.2 Å². The van der Waals surface area contributed by atoms with Gasteiger partial charge < -0.3 is 25.8 Å². The Morgan fingerprint density at radius 2 is 1.83 bits per heavy atom. The van der Waals surface area contributed by atoms with Gasteiger partial charge in [0.25, 0.3) is 5.91 Å². The maximum absolute atomic E-state index is 12.9. The van der Waals surface area contributed by atoms with E-state index in [2.05, 4.69) is 22.4 Å². The van der Waals surface area contributed by atoms with Crippen LogP contribution in [-0.4, -0.2) is 57.8 Å². The number of nitrogens with zero attached hydrogens (tertiary/aromatic N) is 2. The number of fused-ring (bicyclic) bond motifs is 1. The maximum atomic E-state index is 12.9. The first-order valence-electron chi connectivity index (χ1n) is 12.9. The molecule has 8 nitrogen and oxygen atoms in total. The molecule has 2 aliphatic carbocycles. The third-order valence-corrected chi connectivity index (χ3v) is 7.79. The molecule has 0 radical (unpaired) electrons. The van der Waals surface area contributed by atoms with Gasteiger partial charge in [-0.15, -0.1) is 0 Å². The van der Waals surface area contributed by atoms with Crippen molar-refractivity contribution in [1.29, 1.82) is 0 Å². The fraction of sp³-hybridized carbons (Fsp3) is 0.536. The summed E-state index contributed by atoms with van der Waals surface area (Å²) < 4.78 is 5.57. The highest BCUT2D eigenvalue weighted by molar-refractivity contribution is 5.99. The van der Waals surface area contributed by atoms with Crippen LogP contribution in [0.15, 0.2) is 36.5 Å². The molecule has 2 unspecified atom stereocenters. The van der Waals surface area contributed by atoms with Gasteiger partial charge in [0.15, 0.2) is 0 Å². The van der Waals surface area contributed by atoms with Crippen molar-refractivity contribution in [2.24, 2.45) is 5.92 Å². The van der Waals surface area contributed by atoms with Crippen molar-refractivity contribution in [2.75, 3.05) is 18.8 Å². The van der Waals surface area contributed by atoms with Crippen LogP contribution in [0.25, 0.3) is 11.1 Å². The molecule has 1 saturated heterocycles. The Kier molecular flexibility index (Phi) is 6.19. The first-order chi connectivity index (χ1) is 17.0. The molecule has 3 fully saturated rings. The quantitative estimate of drug-likeness (QED) is 0.596. The van der Waals surface area contributed by atoms with E-state index >= 15 is 0 Å². The van der Waals surface area contributed by atoms with E-state index in [0.717, 1.165) is 36.9 Å². The maximum Gasteiger partial charge on any atom is 0.410 e. The molecule has 2 heterocycles. The van der Waals surface area contributed by atoms with Gasteiger partial charge in [0, 0.05) is 36.3 Å². The number of carbonyl (C=O) groups is 2. The van der Waals surface area contributed by atoms with Crippen LogP contribution >= 0.6 is 0 Å². The lowest BCUT2D eigenvalue weighted by Gasteiger charge is -2.26. The minimum atomic E-state index is -0.500. The summed E-state index contributed by atoms with van der Waals surface area (Å²) in [5, 5.41) is 12.8. The van der Waals surface area contributed by atoms with E-state index in [0.29, 0.717) is 30.9 Å². The zero-order chi connectivity index (χ0) is 25.7. The van der Waals surface area contributed by atoms with Gasteiger partial charge in [0.2, 0.25) is 0 Å². The van der Waals surface area contributed by atoms with Gasteiger partial charge in [-0.05, 0) is 76.0 Å². The van der Waals surface area contributed by atoms with E-state index in [9.17, 15) is 14.7 Å². The van der Waals surface area contributed by atoms with Crippen LogP contribution in [0.2, 0.25) is 0 Å². The topological polar surface area (TPSA) is 118 Å². The third-order valence-electron chi connectivity index (χ3n) is 7.79. The van der Waals surface area contributed by atoms with Gasteiger partial charge >= 0.3 is 6.09 Å². The lowest BCUT2D eigenvalue weighted by atomic mass is 9.92. The molecule has 2 amide bonds. The van der Waals surface area contributed by atoms with E-state index < -0.39 is 5.60 Å². The number of nitrogens with one attached hydrogen (secondary N) is 1. The van der Waals surface area contributed by atoms with Crippen molar-refractivity contribution in [3.05, 3.63) is 47.7 Å². The molecule has 2 aromatic rings. The van der Waals surface area contributed by atoms with Crippen LogP contribution in [0.3, 0.4) is 0 Å². The fourth-order valence-corrected chi connectivity index (χ4v) is 5.69. The molecule has 1 aromatic carbocycles. The molecule has 36 heavy (non-hydrogen) atoms. The van der Waals surface area contributed by atoms with Crippen molar-refractivity contribution in [3.8, 4) is 11.1 Å². The summed E-state index contributed by atoms with van der Waals surface area (Å²) in [6.07, 6.45) is 5.17. The summed E-state index contributed by atoms with van der Waals surface area (Å²) in [6.45, 7) is 7.07. The Hall–Kier alpha value is -3.13. The summed E-state index contributed by atoms with van der Waals surface area (Å²) in [6, 6.07) is 10.2. The molecular weight excluding hydrogens is 456 g/mol. The number of piperidine rings is 1. The number of carbonyl (C=O) groups excluding carboxylic acids is 2. The lowest BCUT2D eigenvalue weighted by molar-refractivity contribution is 0.0270. The minimum absolute atomic E-state index is 0.00736. The number of amides is 2. The lowest BCUT2D eigenvalue weighted by Crippen LogP contribution is -2.38. The summed E-state index contributed by atoms with van der Waals surface area (Å²) >= 11 is 0. The van der Waals surface area contributed by atoms with Crippen molar-refractivity contribution in [3.63, 3.8) is 0 Å². The van der Waals surface area contributed by atoms with Gasteiger partial charge in [-0.3, -0.25) is 4.79 Å². The molecule has 5 rings (SSSR count). The predicted molar refractivity (Wildman–Crippen MR) is 137 cm³/mol. The standard InChI is InChI=1S/C28H36N4O4/c1-27(2,3)36-26(35)32-15-20-13-28(20,16-32)19-6-4-17(5-7-19)18-12-23(24(29)30-14-18)25(34)31-21-8-10-22(33)11-9-21/h4-7,12,14,20-22,33H,8-11,13,15-16H2,1-3H3,(H2,29,30)(H,31,34). The highest BCUT2D eigenvalue weighted by Crippen LogP contribution is 2.59. The summed E-state index contributed by atoms with van der Waals surface area (Å²) in [7, 11) is 0. The monoisotopic (exact) mass is 492 g/mol. The number of nitrogen functional groups attached to an aromatic ring is 1. The zero-order valence-electron chi connectivity index (χ0n) is 21.3. The number of pyridine rings is 1. The Morgan fingerprint density at radius 1 is 1.14 bits per heavy atom. The molecular formula is C28H36N4O4. The number of aliphatic hydroxyl groups excluding tert-OH is 1. The average molecular weight is 493 g/mol. The second kappa shape index (κ2) is 9.07. The number of anilines is 1. The number of nitrogens with two attached hydrogens (primary N) is 1. The Morgan fingerprint density at radius 3 is 2.50 bits per heavy atom. The highest BCUT2D eigenvalue weighted by Gasteiger charge is 2.62. The number of likely N-dealkylation sites (tertiary alicyclic amines) is 1. The van der Waals surface area contributed by atoms with Gasteiger partial charge in [-0.1, -0.05) is 24.3 Å². The molecule has 2 saturated carbocycles. The van der Waals surface area contributed by atoms with Crippen molar-refractivity contribution in [2.45, 2.75) is 76.0 Å². The fourth-order valence-electron chi connectivity index (χ4n) is 5.69. The Bertz CT molecular complexity index is 1150. The number of rotatable bonds is 4. The average Bonchev–Trinajstić information content (AvgIpc) is 3.40. The first-order valence-corrected chi connectivity index (χ1v) is 12.9. The molecule has 0 bridgehead atoms. The van der Waals surface area contributed by atoms with Gasteiger partial charge in [0.1, 0.15) is 11.4 Å². The summed E-state index contributed by atoms with van der Waals surface area (Å²) in [5.41, 5.74) is 8.93. The largest absolute Gasteiger partial charge is 0.444 e. The number of hydrogen-bond acceptors (Lipinski definition) is 6. The number of ether oxygens (including phenoxy) is 1. The van der Waals surface area contributed by atoms with Crippen LogP contribution in [0.4, 0.5) is 10.6 Å². The molecule has 3 aliphatic rings. The van der Waals surface area contributed by atoms with Gasteiger partial charge in [0.05, 0.1) is 11.7 Å². The van der Waals surface area contributed by atoms with E-state index in [4.69, 9.17) is 10.5 Å². The van der Waals surface area contributed by atoms with Crippen molar-refractivity contribution >= 4 is 17.8 Å². The second-order valence-electron chi connectivity index (χ2n) is 11.6. The van der Waals surface area contributed by atoms with Gasteiger partial charge in [-0.25, -0.2) is 9.78 Å². The van der Waals surface area contributed by atoms with E-state index in [1.807, 2.05) is 37.8 Å². The normalized spacial score (nSPS) is 27.3. The number of aromatic nitrogens is 1. The van der Waals surface area contributed by atoms with Crippen LogP contribution in [0.1, 0.15) is 68.8 Å². The van der Waals surface area contributed by atoms with Crippen LogP contribution in [-0.2, 0) is 10.2 Å². The predicted octanol–water partition coefficient (Wildman–Crippen LogP) is 3.87. The summed E-state index contributed by atoms with van der Waals surface area (Å²) in [5.74, 6) is 0.439. The molecule has 2 atom stereocenters. The smallest absolute Gasteiger partial charge is 0.410 e. The molecule has 1 aromatic heterocycles. The SMILES string of the molecule is CC(C)(C)OC(=O)N1CC2CC2(c2ccc(-c3cnc(N)c(C(=O)NC4CCC(O)CC4)c3)cc2)C1. The minimum Gasteiger partial charge on any atom is -0.444 e. The number of hydrogen-bond donors (Lipinski definition) is 3. The van der Waals surface area contributed by atoms with Crippen LogP contribution in [0, 0.1) is 5.92 Å². The molecule has 1 aliphatic heterocycles. The van der Waals surface area contributed by atoms with Crippen LogP contribution < -0.4 is 11.1 Å². The first kappa shape index (κ1) is 24.6. The van der Waals surface area contributed by atoms with E-state index in [1.165, 1.54) is 5.56 Å². The number of benzene rings is 1. The summed E-state index contributed by atoms with van der Waals surface area (Å²) in [4.78, 5) is 31.6. The number of aliphatic hydroxyl groups is 1. The van der Waals surface area contributed by atoms with E-state index in [-0.39, 0.29) is 35.4 Å². The second-order valence-corrected chi connectivity index (χ2v) is 11.6. The zero-order valence-corrected chi connectivity index (χ0v) is 21.3. The molecule has 4 N–H and O–H groups in total. The van der Waals surface area contributed by atoms with Crippen molar-refractivity contribution < 1.29 is 19.4 Å². The highest BCUT2D eigenvalue weighted by atomic mass is 16.6. The molecule has 192 valence electrons. The third kappa shape index (κ3) is 4.91. The Labute approximate surface area is 212 Å². The Balaban J connectivity index is 1.27. The van der Waals surface area contributed by atoms with E-state index in [1.54, 1.807) is 12.3 Å². The molecule has 0 spiro atoms. The van der Waals surface area contributed by atoms with Gasteiger partial charge in [-0.2, -0.15) is 0 Å². The molecule has 8 heteroatoms. The van der Waals surface area contributed by atoms with Crippen LogP contribution in [0.5, 0.6) is 0 Å².